The van der Waals surface area contributed by atoms with Gasteiger partial charge in [0.1, 0.15) is 11.6 Å². The van der Waals surface area contributed by atoms with E-state index in [2.05, 4.69) is 10.5 Å². The number of amides is 1. The van der Waals surface area contributed by atoms with Crippen LogP contribution >= 0.6 is 0 Å². The Hall–Kier alpha value is -2.37. The number of rotatable bonds is 2. The SMILES string of the molecule is O=C1CCC(C2(F)C=CC(c3ccccc3F)=C(F)C2)=NN1. The molecule has 22 heavy (non-hydrogen) atoms. The minimum Gasteiger partial charge on any atom is -0.273 e. The Morgan fingerprint density at radius 2 is 1.95 bits per heavy atom. The zero-order valence-electron chi connectivity index (χ0n) is 11.6. The van der Waals surface area contributed by atoms with Gasteiger partial charge in [0.2, 0.25) is 5.91 Å². The van der Waals surface area contributed by atoms with Gasteiger partial charge in [0.25, 0.3) is 0 Å². The van der Waals surface area contributed by atoms with Crippen LogP contribution in [0.1, 0.15) is 24.8 Å². The van der Waals surface area contributed by atoms with E-state index in [-0.39, 0.29) is 35.6 Å². The second-order valence-electron chi connectivity index (χ2n) is 5.26. The lowest BCUT2D eigenvalue weighted by atomic mass is 9.84. The summed E-state index contributed by atoms with van der Waals surface area (Å²) in [5.74, 6) is -1.60. The van der Waals surface area contributed by atoms with Crippen molar-refractivity contribution in [2.24, 2.45) is 5.10 Å². The molecule has 0 aromatic heterocycles. The Morgan fingerprint density at radius 3 is 2.59 bits per heavy atom. The van der Waals surface area contributed by atoms with Gasteiger partial charge in [-0.3, -0.25) is 4.79 Å². The Bertz CT molecular complexity index is 724. The van der Waals surface area contributed by atoms with Gasteiger partial charge in [0.05, 0.1) is 5.71 Å². The quantitative estimate of drug-likeness (QED) is 0.893. The summed E-state index contributed by atoms with van der Waals surface area (Å²) >= 11 is 0. The predicted octanol–water partition coefficient (Wildman–Crippen LogP) is 3.44. The first-order valence-corrected chi connectivity index (χ1v) is 6.87. The van der Waals surface area contributed by atoms with Gasteiger partial charge in [-0.05, 0) is 18.6 Å². The molecular formula is C16H13F3N2O. The van der Waals surface area contributed by atoms with Crippen molar-refractivity contribution in [3.05, 3.63) is 53.6 Å². The predicted molar refractivity (Wildman–Crippen MR) is 76.8 cm³/mol. The maximum atomic E-state index is 14.9. The molecule has 0 saturated carbocycles. The average molecular weight is 306 g/mol. The standard InChI is InChI=1S/C16H13F3N2O/c17-12-4-2-1-3-10(12)11-7-8-16(19,9-13(11)18)14-5-6-15(22)21-20-14/h1-4,7-8H,5-6,9H2,(H,21,22). The fourth-order valence-electron chi connectivity index (χ4n) is 2.57. The molecule has 1 unspecified atom stereocenters. The number of nitrogens with zero attached hydrogens (tertiary/aromatic N) is 1. The van der Waals surface area contributed by atoms with Crippen molar-refractivity contribution in [3.63, 3.8) is 0 Å². The lowest BCUT2D eigenvalue weighted by molar-refractivity contribution is -0.121. The number of hydrogen-bond donors (Lipinski definition) is 1. The molecule has 1 aliphatic heterocycles. The van der Waals surface area contributed by atoms with E-state index in [1.807, 2.05) is 0 Å². The van der Waals surface area contributed by atoms with Gasteiger partial charge >= 0.3 is 0 Å². The van der Waals surface area contributed by atoms with Gasteiger partial charge < -0.3 is 0 Å². The number of alkyl halides is 1. The van der Waals surface area contributed by atoms with Crippen molar-refractivity contribution < 1.29 is 18.0 Å². The van der Waals surface area contributed by atoms with Crippen molar-refractivity contribution >= 4 is 17.2 Å². The van der Waals surface area contributed by atoms with Crippen LogP contribution in [0.5, 0.6) is 0 Å². The monoisotopic (exact) mass is 306 g/mol. The van der Waals surface area contributed by atoms with E-state index in [4.69, 9.17) is 0 Å². The molecule has 1 N–H and O–H groups in total. The molecular weight excluding hydrogens is 293 g/mol. The zero-order chi connectivity index (χ0) is 15.7. The molecule has 1 amide bonds. The molecule has 0 spiro atoms. The molecule has 1 heterocycles. The van der Waals surface area contributed by atoms with Crippen LogP contribution in [0.2, 0.25) is 0 Å². The first-order chi connectivity index (χ1) is 10.5. The topological polar surface area (TPSA) is 41.5 Å². The molecule has 0 bridgehead atoms. The minimum absolute atomic E-state index is 0.0341. The molecule has 2 aliphatic rings. The molecule has 0 fully saturated rings. The molecule has 1 aromatic rings. The molecule has 1 atom stereocenters. The third-order valence-electron chi connectivity index (χ3n) is 3.77. The average Bonchev–Trinajstić information content (AvgIpc) is 2.49. The van der Waals surface area contributed by atoms with E-state index in [0.29, 0.717) is 0 Å². The van der Waals surface area contributed by atoms with Crippen LogP contribution < -0.4 is 5.43 Å². The van der Waals surface area contributed by atoms with Crippen LogP contribution in [0, 0.1) is 5.82 Å². The summed E-state index contributed by atoms with van der Waals surface area (Å²) in [7, 11) is 0. The molecule has 3 rings (SSSR count). The Labute approximate surface area is 125 Å². The summed E-state index contributed by atoms with van der Waals surface area (Å²) in [5.41, 5.74) is 0.311. The highest BCUT2D eigenvalue weighted by Gasteiger charge is 2.39. The lowest BCUT2D eigenvalue weighted by Crippen LogP contribution is -2.39. The molecule has 1 aliphatic carbocycles. The van der Waals surface area contributed by atoms with Gasteiger partial charge in [-0.15, -0.1) is 0 Å². The number of allylic oxidation sites excluding steroid dienone is 4. The van der Waals surface area contributed by atoms with Crippen molar-refractivity contribution in [3.8, 4) is 0 Å². The first kappa shape index (κ1) is 14.6. The zero-order valence-corrected chi connectivity index (χ0v) is 11.6. The van der Waals surface area contributed by atoms with Crippen molar-refractivity contribution in [2.45, 2.75) is 24.9 Å². The van der Waals surface area contributed by atoms with E-state index >= 15 is 0 Å². The summed E-state index contributed by atoms with van der Waals surface area (Å²) in [6.45, 7) is 0. The van der Waals surface area contributed by atoms with E-state index in [1.54, 1.807) is 6.07 Å². The summed E-state index contributed by atoms with van der Waals surface area (Å²) < 4.78 is 42.9. The molecule has 0 saturated heterocycles. The van der Waals surface area contributed by atoms with Crippen LogP contribution in [0.3, 0.4) is 0 Å². The lowest BCUT2D eigenvalue weighted by Gasteiger charge is -2.28. The smallest absolute Gasteiger partial charge is 0.240 e. The van der Waals surface area contributed by atoms with Gasteiger partial charge in [0.15, 0.2) is 5.67 Å². The van der Waals surface area contributed by atoms with Crippen LogP contribution in [0.25, 0.3) is 5.57 Å². The maximum Gasteiger partial charge on any atom is 0.240 e. The molecule has 0 radical (unpaired) electrons. The maximum absolute atomic E-state index is 14.9. The van der Waals surface area contributed by atoms with Crippen molar-refractivity contribution in [1.82, 2.24) is 5.43 Å². The number of hydrogen-bond acceptors (Lipinski definition) is 2. The van der Waals surface area contributed by atoms with E-state index in [1.165, 1.54) is 30.4 Å². The van der Waals surface area contributed by atoms with E-state index in [9.17, 15) is 18.0 Å². The highest BCUT2D eigenvalue weighted by molar-refractivity contribution is 6.00. The summed E-state index contributed by atoms with van der Waals surface area (Å²) in [4.78, 5) is 11.1. The minimum atomic E-state index is -2.09. The highest BCUT2D eigenvalue weighted by atomic mass is 19.2. The van der Waals surface area contributed by atoms with Crippen LogP contribution in [0.15, 0.2) is 47.3 Å². The second-order valence-corrected chi connectivity index (χ2v) is 5.26. The van der Waals surface area contributed by atoms with Gasteiger partial charge in [-0.2, -0.15) is 5.10 Å². The van der Waals surface area contributed by atoms with Crippen LogP contribution in [-0.2, 0) is 4.79 Å². The van der Waals surface area contributed by atoms with Crippen LogP contribution in [-0.4, -0.2) is 17.3 Å². The second kappa shape index (κ2) is 5.44. The van der Waals surface area contributed by atoms with E-state index < -0.39 is 23.7 Å². The summed E-state index contributed by atoms with van der Waals surface area (Å²) in [5, 5.41) is 3.68. The van der Waals surface area contributed by atoms with Gasteiger partial charge in [-0.25, -0.2) is 18.6 Å². The summed E-state index contributed by atoms with van der Waals surface area (Å²) in [6.07, 6.45) is 2.10. The van der Waals surface area contributed by atoms with Crippen molar-refractivity contribution in [2.75, 3.05) is 0 Å². The summed E-state index contributed by atoms with van der Waals surface area (Å²) in [6, 6.07) is 5.76. The van der Waals surface area contributed by atoms with Crippen molar-refractivity contribution in [1.29, 1.82) is 0 Å². The third kappa shape index (κ3) is 2.56. The molecule has 114 valence electrons. The van der Waals surface area contributed by atoms with E-state index in [0.717, 1.165) is 0 Å². The van der Waals surface area contributed by atoms with Gasteiger partial charge in [0, 0.05) is 24.0 Å². The Morgan fingerprint density at radius 1 is 1.18 bits per heavy atom. The fraction of sp³-hybridized carbons (Fsp3) is 0.250. The normalized spacial score (nSPS) is 25.0. The molecule has 6 heteroatoms. The van der Waals surface area contributed by atoms with Crippen LogP contribution in [0.4, 0.5) is 13.2 Å². The third-order valence-corrected chi connectivity index (χ3v) is 3.77. The molecule has 1 aromatic carbocycles. The first-order valence-electron chi connectivity index (χ1n) is 6.87. The number of nitrogens with one attached hydrogen (secondary N) is 1. The van der Waals surface area contributed by atoms with Gasteiger partial charge in [-0.1, -0.05) is 24.3 Å². The number of carbonyl (C=O) groups is 1. The Kier molecular flexibility index (Phi) is 3.60. The number of halogens is 3. The number of benzene rings is 1. The largest absolute Gasteiger partial charge is 0.273 e. The molecule has 3 nitrogen and oxygen atoms in total. The number of hydrazone groups is 1. The highest BCUT2D eigenvalue weighted by Crippen LogP contribution is 2.38. The Balaban J connectivity index is 1.91. The fourth-order valence-corrected chi connectivity index (χ4v) is 2.57. The number of carbonyl (C=O) groups excluding carboxylic acids is 1.